The van der Waals surface area contributed by atoms with Crippen molar-refractivity contribution in [2.24, 2.45) is 11.8 Å². The van der Waals surface area contributed by atoms with Crippen LogP contribution in [0.2, 0.25) is 0 Å². The summed E-state index contributed by atoms with van der Waals surface area (Å²) in [5.74, 6) is -3.80. The van der Waals surface area contributed by atoms with Gasteiger partial charge >= 0.3 is 6.18 Å². The van der Waals surface area contributed by atoms with Crippen molar-refractivity contribution in [3.8, 4) is 0 Å². The first-order valence-electron chi connectivity index (χ1n) is 10.9. The second-order valence-corrected chi connectivity index (χ2v) is 8.73. The number of hydrogen-bond donors (Lipinski definition) is 0. The molecular weight excluding hydrogens is 461 g/mol. The van der Waals surface area contributed by atoms with Gasteiger partial charge in [-0.1, -0.05) is 30.3 Å². The molecule has 1 aromatic heterocycles. The number of nitrogens with zero attached hydrogens (tertiary/aromatic N) is 2. The zero-order valence-electron chi connectivity index (χ0n) is 18.0. The number of benzene rings is 2. The molecule has 1 unspecified atom stereocenters. The van der Waals surface area contributed by atoms with E-state index in [0.717, 1.165) is 34.2 Å². The predicted molar refractivity (Wildman–Crippen MR) is 118 cm³/mol. The van der Waals surface area contributed by atoms with Gasteiger partial charge in [0, 0.05) is 6.20 Å². The Balaban J connectivity index is 1.49. The number of halogens is 3. The summed E-state index contributed by atoms with van der Waals surface area (Å²) in [6, 6.07) is 12.8. The zero-order valence-corrected chi connectivity index (χ0v) is 18.0. The van der Waals surface area contributed by atoms with E-state index in [0.29, 0.717) is 0 Å². The number of imide groups is 1. The molecule has 0 spiro atoms. The molecule has 6 rings (SSSR count). The Kier molecular flexibility index (Phi) is 4.54. The lowest BCUT2D eigenvalue weighted by Crippen LogP contribution is -2.44. The SMILES string of the molecule is O=C(c1ccco1)[C@@H]1[C@@H]2C(=O)N(c3cccc(C(F)(F)F)c3)C(=O)[C@@H]2C2c3ccccc3C=CN21. The summed E-state index contributed by atoms with van der Waals surface area (Å²) in [7, 11) is 0. The Bertz CT molecular complexity index is 1400. The third-order valence-corrected chi connectivity index (χ3v) is 6.93. The fraction of sp³-hybridized carbons (Fsp3) is 0.192. The van der Waals surface area contributed by atoms with Gasteiger partial charge in [-0.05, 0) is 47.5 Å². The fourth-order valence-electron chi connectivity index (χ4n) is 5.50. The molecule has 2 aromatic carbocycles. The number of Topliss-reactive ketones (excluding diaryl/α,β-unsaturated/α-hetero) is 1. The van der Waals surface area contributed by atoms with Gasteiger partial charge in [0.05, 0.1) is 35.4 Å². The number of alkyl halides is 3. The number of anilines is 1. The lowest BCUT2D eigenvalue weighted by molar-refractivity contribution is -0.137. The van der Waals surface area contributed by atoms with Crippen LogP contribution in [0, 0.1) is 11.8 Å². The van der Waals surface area contributed by atoms with Crippen molar-refractivity contribution < 1.29 is 32.0 Å². The highest BCUT2D eigenvalue weighted by Gasteiger charge is 2.64. The van der Waals surface area contributed by atoms with Crippen molar-refractivity contribution in [1.82, 2.24) is 4.90 Å². The molecule has 0 radical (unpaired) electrons. The van der Waals surface area contributed by atoms with Crippen LogP contribution in [0.25, 0.3) is 6.08 Å². The smallest absolute Gasteiger partial charge is 0.416 e. The third kappa shape index (κ3) is 3.07. The Labute approximate surface area is 197 Å². The molecule has 0 N–H and O–H groups in total. The van der Waals surface area contributed by atoms with Gasteiger partial charge in [0.25, 0.3) is 0 Å². The molecule has 2 fully saturated rings. The monoisotopic (exact) mass is 478 g/mol. The average molecular weight is 478 g/mol. The van der Waals surface area contributed by atoms with Crippen molar-refractivity contribution in [3.63, 3.8) is 0 Å². The number of rotatable bonds is 3. The molecule has 3 aliphatic rings. The van der Waals surface area contributed by atoms with E-state index in [4.69, 9.17) is 4.42 Å². The Morgan fingerprint density at radius 2 is 1.69 bits per heavy atom. The van der Waals surface area contributed by atoms with Gasteiger partial charge in [0.1, 0.15) is 6.04 Å². The van der Waals surface area contributed by atoms with E-state index in [1.165, 1.54) is 18.4 Å². The first-order chi connectivity index (χ1) is 16.8. The maximum atomic E-state index is 13.7. The van der Waals surface area contributed by atoms with Gasteiger partial charge in [-0.2, -0.15) is 13.2 Å². The Morgan fingerprint density at radius 3 is 2.43 bits per heavy atom. The Hall–Kier alpha value is -4.14. The highest BCUT2D eigenvalue weighted by atomic mass is 19.4. The van der Waals surface area contributed by atoms with Crippen LogP contribution < -0.4 is 4.90 Å². The molecule has 4 heterocycles. The van der Waals surface area contributed by atoms with E-state index in [1.807, 2.05) is 24.3 Å². The van der Waals surface area contributed by atoms with E-state index in [2.05, 4.69) is 0 Å². The zero-order chi connectivity index (χ0) is 24.5. The average Bonchev–Trinajstić information content (AvgIpc) is 3.55. The summed E-state index contributed by atoms with van der Waals surface area (Å²) in [5.41, 5.74) is 0.478. The van der Waals surface area contributed by atoms with Gasteiger partial charge in [-0.15, -0.1) is 0 Å². The molecule has 0 saturated carbocycles. The maximum absolute atomic E-state index is 13.7. The van der Waals surface area contributed by atoms with E-state index in [-0.39, 0.29) is 11.4 Å². The lowest BCUT2D eigenvalue weighted by atomic mass is 9.84. The van der Waals surface area contributed by atoms with Crippen molar-refractivity contribution >= 4 is 29.4 Å². The number of furan rings is 1. The number of fused-ring (bicyclic) bond motifs is 5. The Morgan fingerprint density at radius 1 is 0.914 bits per heavy atom. The van der Waals surface area contributed by atoms with Gasteiger partial charge in [-0.3, -0.25) is 14.4 Å². The molecule has 6 nitrogen and oxygen atoms in total. The molecule has 176 valence electrons. The largest absolute Gasteiger partial charge is 0.461 e. The molecule has 4 atom stereocenters. The summed E-state index contributed by atoms with van der Waals surface area (Å²) in [4.78, 5) is 43.4. The minimum atomic E-state index is -4.64. The number of hydrogen-bond acceptors (Lipinski definition) is 5. The molecular formula is C26H17F3N2O4. The standard InChI is InChI=1S/C26H17F3N2O4/c27-26(28,29)15-6-3-7-16(13-15)31-24(33)19-20(25(31)34)22(23(32)18-9-4-12-35-18)30-11-10-14-5-1-2-8-17(14)21(19)30/h1-13,19-22H/t19-,20+,21?,22-/m0/s1. The normalized spacial score (nSPS) is 25.0. The fourth-order valence-corrected chi connectivity index (χ4v) is 5.50. The van der Waals surface area contributed by atoms with Crippen LogP contribution in [0.5, 0.6) is 0 Å². The summed E-state index contributed by atoms with van der Waals surface area (Å²) < 4.78 is 45.3. The van der Waals surface area contributed by atoms with Crippen molar-refractivity contribution in [2.45, 2.75) is 18.3 Å². The number of carbonyl (C=O) groups excluding carboxylic acids is 3. The van der Waals surface area contributed by atoms with Gasteiger partial charge in [-0.25, -0.2) is 4.90 Å². The van der Waals surface area contributed by atoms with Crippen molar-refractivity contribution in [3.05, 3.63) is 95.6 Å². The molecule has 3 aliphatic heterocycles. The number of amides is 2. The van der Waals surface area contributed by atoms with Gasteiger partial charge in [0.15, 0.2) is 5.76 Å². The van der Waals surface area contributed by atoms with Gasteiger partial charge in [0.2, 0.25) is 17.6 Å². The molecule has 35 heavy (non-hydrogen) atoms. The minimum absolute atomic E-state index is 0.0411. The molecule has 2 saturated heterocycles. The second kappa shape index (κ2) is 7.43. The van der Waals surface area contributed by atoms with Crippen LogP contribution in [-0.4, -0.2) is 28.5 Å². The molecule has 0 bridgehead atoms. The number of carbonyl (C=O) groups is 3. The van der Waals surface area contributed by atoms with Crippen molar-refractivity contribution in [2.75, 3.05) is 4.90 Å². The highest BCUT2D eigenvalue weighted by Crippen LogP contribution is 2.53. The molecule has 0 aliphatic carbocycles. The first-order valence-corrected chi connectivity index (χ1v) is 10.9. The van der Waals surface area contributed by atoms with Crippen LogP contribution in [0.15, 0.2) is 77.5 Å². The quantitative estimate of drug-likeness (QED) is 0.403. The van der Waals surface area contributed by atoms with E-state index >= 15 is 0 Å². The number of ketones is 1. The lowest BCUT2D eigenvalue weighted by Gasteiger charge is -2.35. The van der Waals surface area contributed by atoms with E-state index in [1.54, 1.807) is 23.2 Å². The van der Waals surface area contributed by atoms with Crippen LogP contribution in [0.1, 0.15) is 33.3 Å². The summed E-state index contributed by atoms with van der Waals surface area (Å²) >= 11 is 0. The highest BCUT2D eigenvalue weighted by molar-refractivity contribution is 6.24. The molecule has 3 aromatic rings. The van der Waals surface area contributed by atoms with Gasteiger partial charge < -0.3 is 9.32 Å². The summed E-state index contributed by atoms with van der Waals surface area (Å²) in [5, 5.41) is 0. The summed E-state index contributed by atoms with van der Waals surface area (Å²) in [6.07, 6.45) is 0.218. The third-order valence-electron chi connectivity index (χ3n) is 6.93. The summed E-state index contributed by atoms with van der Waals surface area (Å²) in [6.45, 7) is 0. The van der Waals surface area contributed by atoms with Crippen LogP contribution in [-0.2, 0) is 15.8 Å². The van der Waals surface area contributed by atoms with E-state index in [9.17, 15) is 27.6 Å². The van der Waals surface area contributed by atoms with Crippen molar-refractivity contribution in [1.29, 1.82) is 0 Å². The van der Waals surface area contributed by atoms with Crippen LogP contribution in [0.3, 0.4) is 0 Å². The molecule has 2 amide bonds. The predicted octanol–water partition coefficient (Wildman–Crippen LogP) is 4.70. The van der Waals surface area contributed by atoms with Crippen LogP contribution >= 0.6 is 0 Å². The minimum Gasteiger partial charge on any atom is -0.461 e. The molecule has 9 heteroatoms. The maximum Gasteiger partial charge on any atom is 0.416 e. The van der Waals surface area contributed by atoms with E-state index < -0.39 is 53.3 Å². The van der Waals surface area contributed by atoms with Crippen LogP contribution in [0.4, 0.5) is 18.9 Å². The first kappa shape index (κ1) is 21.4. The second-order valence-electron chi connectivity index (χ2n) is 8.73. The topological polar surface area (TPSA) is 70.8 Å².